The Balaban J connectivity index is 0.00000119. The Kier molecular flexibility index (Phi) is 11.9. The van der Waals surface area contributed by atoms with Crippen LogP contribution in [0.5, 0.6) is 0 Å². The molecule has 1 unspecified atom stereocenters. The third kappa shape index (κ3) is 11.2. The highest BCUT2D eigenvalue weighted by atomic mass is 35.7. The standard InChI is InChI=1S/C16H25ClNO3P.ClHO4/c1-6-20-22(19,21-7-2)16(18(4)5)12-15(17)14-10-8-13(3)9-11-14;2-1(3,4)5/h8-12,16H,6-7H2,1-5H3;(H,2,3,4,5)/b15-12-;. The van der Waals surface area contributed by atoms with Gasteiger partial charge in [-0.3, -0.25) is 9.46 Å². The second kappa shape index (κ2) is 12.1. The van der Waals surface area contributed by atoms with Gasteiger partial charge in [0.25, 0.3) is 0 Å². The lowest BCUT2D eigenvalue weighted by molar-refractivity contribution is -1.92. The van der Waals surface area contributed by atoms with Gasteiger partial charge >= 0.3 is 7.60 Å². The molecule has 1 atom stereocenters. The minimum absolute atomic E-state index is 0.317. The molecule has 0 spiro atoms. The molecule has 27 heavy (non-hydrogen) atoms. The van der Waals surface area contributed by atoms with Crippen molar-refractivity contribution >= 4 is 24.2 Å². The smallest absolute Gasteiger partial charge is 0.308 e. The van der Waals surface area contributed by atoms with Crippen molar-refractivity contribution < 1.29 is 42.5 Å². The minimum atomic E-state index is -4.69. The molecule has 156 valence electrons. The summed E-state index contributed by atoms with van der Waals surface area (Å²) in [6.45, 7) is 6.24. The van der Waals surface area contributed by atoms with E-state index in [2.05, 4.69) is 0 Å². The first-order valence-corrected chi connectivity index (χ1v) is 11.2. The van der Waals surface area contributed by atoms with E-state index >= 15 is 0 Å². The minimum Gasteiger partial charge on any atom is -0.308 e. The molecule has 1 rings (SSSR count). The number of hydrogen-bond donors (Lipinski definition) is 1. The normalized spacial score (nSPS) is 14.0. The summed E-state index contributed by atoms with van der Waals surface area (Å²) in [6.07, 6.45) is 1.73. The fraction of sp³-hybridized carbons (Fsp3) is 0.500. The zero-order valence-electron chi connectivity index (χ0n) is 15.9. The Morgan fingerprint density at radius 3 is 1.96 bits per heavy atom. The molecule has 0 bridgehead atoms. The third-order valence-electron chi connectivity index (χ3n) is 3.09. The predicted molar refractivity (Wildman–Crippen MR) is 95.6 cm³/mol. The van der Waals surface area contributed by atoms with Crippen LogP contribution in [0.2, 0.25) is 0 Å². The van der Waals surface area contributed by atoms with E-state index in [-0.39, 0.29) is 0 Å². The van der Waals surface area contributed by atoms with E-state index in [4.69, 9.17) is 39.3 Å². The Hall–Kier alpha value is -0.510. The van der Waals surface area contributed by atoms with E-state index < -0.39 is 23.6 Å². The van der Waals surface area contributed by atoms with Crippen LogP contribution < -0.4 is 14.0 Å². The van der Waals surface area contributed by atoms with Gasteiger partial charge < -0.3 is 9.05 Å². The maximum atomic E-state index is 13.0. The van der Waals surface area contributed by atoms with Crippen molar-refractivity contribution in [3.05, 3.63) is 41.5 Å². The lowest BCUT2D eigenvalue weighted by Gasteiger charge is -2.29. The molecule has 0 saturated carbocycles. The van der Waals surface area contributed by atoms with Crippen molar-refractivity contribution in [1.29, 1.82) is 0 Å². The van der Waals surface area contributed by atoms with Gasteiger partial charge in [-0.05, 0) is 46.5 Å². The maximum Gasteiger partial charge on any atom is 0.351 e. The van der Waals surface area contributed by atoms with Crippen molar-refractivity contribution in [1.82, 2.24) is 4.90 Å². The predicted octanol–water partition coefficient (Wildman–Crippen LogP) is 0.605. The van der Waals surface area contributed by atoms with Crippen molar-refractivity contribution in [2.45, 2.75) is 26.6 Å². The first-order valence-electron chi connectivity index (χ1n) is 7.96. The van der Waals surface area contributed by atoms with Gasteiger partial charge in [0, 0.05) is 5.03 Å². The van der Waals surface area contributed by atoms with Gasteiger partial charge in [0.1, 0.15) is 5.78 Å². The summed E-state index contributed by atoms with van der Waals surface area (Å²) >= 11 is 6.41. The quantitative estimate of drug-likeness (QED) is 0.576. The zero-order chi connectivity index (χ0) is 21.3. The van der Waals surface area contributed by atoms with E-state index in [0.717, 1.165) is 11.1 Å². The number of halogens is 2. The number of likely N-dealkylation sites (N-methyl/N-ethyl adjacent to an activating group) is 1. The topological polar surface area (TPSA) is 128 Å². The summed E-state index contributed by atoms with van der Waals surface area (Å²) in [5.41, 5.74) is 2.03. The molecule has 0 aromatic heterocycles. The van der Waals surface area contributed by atoms with Crippen molar-refractivity contribution in [3.8, 4) is 0 Å². The van der Waals surface area contributed by atoms with Gasteiger partial charge in [0.05, 0.1) is 28.1 Å². The lowest BCUT2D eigenvalue weighted by Crippen LogP contribution is -2.58. The van der Waals surface area contributed by atoms with Gasteiger partial charge in [0.2, 0.25) is 0 Å². The largest absolute Gasteiger partial charge is 0.351 e. The van der Waals surface area contributed by atoms with E-state index in [1.165, 1.54) is 0 Å². The van der Waals surface area contributed by atoms with E-state index in [9.17, 15) is 4.57 Å². The number of nitrogens with zero attached hydrogens (tertiary/aromatic N) is 1. The molecule has 1 aromatic rings. The first kappa shape index (κ1) is 26.5. The van der Waals surface area contributed by atoms with Gasteiger partial charge in [-0.2, -0.15) is 14.0 Å². The Labute approximate surface area is 167 Å². The van der Waals surface area contributed by atoms with Crippen LogP contribution in [0, 0.1) is 17.2 Å². The molecule has 0 fully saturated rings. The monoisotopic (exact) mass is 445 g/mol. The molecule has 1 N–H and O–H groups in total. The molecular weight excluding hydrogens is 420 g/mol. The molecule has 11 heteroatoms. The summed E-state index contributed by atoms with van der Waals surface area (Å²) in [5.74, 6) is -0.541. The van der Waals surface area contributed by atoms with Crippen LogP contribution >= 0.6 is 19.2 Å². The summed E-state index contributed by atoms with van der Waals surface area (Å²) in [7, 11) is -4.35. The summed E-state index contributed by atoms with van der Waals surface area (Å²) in [5, 5.41) is 0.526. The highest BCUT2D eigenvalue weighted by molar-refractivity contribution is 7.54. The average Bonchev–Trinajstić information content (AvgIpc) is 2.51. The number of hydrogen-bond acceptors (Lipinski definition) is 8. The molecule has 8 nitrogen and oxygen atoms in total. The molecule has 1 aromatic carbocycles. The summed E-state index contributed by atoms with van der Waals surface area (Å²) in [6, 6.07) is 7.85. The van der Waals surface area contributed by atoms with Gasteiger partial charge in [-0.15, -0.1) is 0 Å². The number of rotatable bonds is 8. The fourth-order valence-electron chi connectivity index (χ4n) is 2.01. The zero-order valence-corrected chi connectivity index (χ0v) is 18.3. The SMILES string of the molecule is CCOP(=O)(OCC)C(/C=C(\Cl)c1ccc(C)cc1)N(C)C.[O-][Cl+3]([O-])([O-])O. The fourth-order valence-corrected chi connectivity index (χ4v) is 4.34. The molecule has 0 aliphatic rings. The third-order valence-corrected chi connectivity index (χ3v) is 5.93. The van der Waals surface area contributed by atoms with Crippen LogP contribution in [0.25, 0.3) is 5.03 Å². The summed E-state index contributed by atoms with van der Waals surface area (Å²) in [4.78, 5) is 1.79. The maximum absolute atomic E-state index is 13.0. The summed E-state index contributed by atoms with van der Waals surface area (Å²) < 4.78 is 56.6. The van der Waals surface area contributed by atoms with E-state index in [1.54, 1.807) is 24.8 Å². The Bertz CT molecular complexity index is 617. The second-order valence-corrected chi connectivity index (χ2v) is 8.85. The lowest BCUT2D eigenvalue weighted by atomic mass is 10.1. The highest BCUT2D eigenvalue weighted by Gasteiger charge is 2.36. The first-order chi connectivity index (χ1) is 12.3. The van der Waals surface area contributed by atoms with Crippen molar-refractivity contribution in [3.63, 3.8) is 0 Å². The molecule has 0 aliphatic carbocycles. The molecule has 0 saturated heterocycles. The van der Waals surface area contributed by atoms with Crippen molar-refractivity contribution in [2.75, 3.05) is 27.3 Å². The molecule has 0 radical (unpaired) electrons. The van der Waals surface area contributed by atoms with Crippen LogP contribution in [0.1, 0.15) is 25.0 Å². The number of aryl methyl sites for hydroxylation is 1. The van der Waals surface area contributed by atoms with E-state index in [0.29, 0.717) is 18.2 Å². The van der Waals surface area contributed by atoms with Crippen LogP contribution in [0.4, 0.5) is 0 Å². The van der Waals surface area contributed by atoms with E-state index in [1.807, 2.05) is 45.3 Å². The van der Waals surface area contributed by atoms with Gasteiger partial charge in [-0.25, -0.2) is 0 Å². The molecular formula is C16H26Cl2NO7P. The van der Waals surface area contributed by atoms with Crippen LogP contribution in [-0.4, -0.2) is 42.7 Å². The second-order valence-electron chi connectivity index (χ2n) is 5.53. The number of benzene rings is 1. The Morgan fingerprint density at radius 2 is 1.63 bits per heavy atom. The average molecular weight is 446 g/mol. The van der Waals surface area contributed by atoms with Gasteiger partial charge in [-0.1, -0.05) is 41.4 Å². The van der Waals surface area contributed by atoms with Crippen molar-refractivity contribution in [2.24, 2.45) is 0 Å². The Morgan fingerprint density at radius 1 is 1.22 bits per heavy atom. The highest BCUT2D eigenvalue weighted by Crippen LogP contribution is 2.54. The van der Waals surface area contributed by atoms with Crippen LogP contribution in [0.3, 0.4) is 0 Å². The van der Waals surface area contributed by atoms with Crippen LogP contribution in [-0.2, 0) is 13.6 Å². The molecule has 0 aliphatic heterocycles. The van der Waals surface area contributed by atoms with Crippen LogP contribution in [0.15, 0.2) is 30.3 Å². The molecule has 0 heterocycles. The van der Waals surface area contributed by atoms with Gasteiger partial charge in [0.15, 0.2) is 0 Å². The molecule has 0 amide bonds.